The van der Waals surface area contributed by atoms with Gasteiger partial charge in [-0.25, -0.2) is 29.9 Å². The summed E-state index contributed by atoms with van der Waals surface area (Å²) in [5.41, 5.74) is 20.3. The second-order valence-electron chi connectivity index (χ2n) is 27.6. The Bertz CT molecular complexity index is 6110. The molecule has 19 rings (SSSR count). The lowest BCUT2D eigenvalue weighted by Crippen LogP contribution is -2.41. The molecule has 0 bridgehead atoms. The van der Waals surface area contributed by atoms with Crippen LogP contribution in [0.15, 0.2) is 361 Å². The van der Waals surface area contributed by atoms with Crippen molar-refractivity contribution in [1.29, 1.82) is 0 Å². The van der Waals surface area contributed by atoms with Gasteiger partial charge in [0.15, 0.2) is 34.9 Å². The Morgan fingerprint density at radius 2 is 0.491 bits per heavy atom. The van der Waals surface area contributed by atoms with Crippen LogP contribution in [0.25, 0.3) is 168 Å². The predicted octanol–water partition coefficient (Wildman–Crippen LogP) is 24.5. The van der Waals surface area contributed by atoms with Crippen LogP contribution in [0, 0.1) is 0 Å². The number of fused-ring (bicyclic) bond motifs is 6. The van der Waals surface area contributed by atoms with Crippen LogP contribution < -0.4 is 5.46 Å². The topological polar surface area (TPSA) is 122 Å². The average Bonchev–Trinajstić information content (AvgIpc) is 1.83. The van der Waals surface area contributed by atoms with Crippen molar-refractivity contribution in [1.82, 2.24) is 29.9 Å². The molecule has 518 valence electrons. The SMILES string of the molecule is CC1(C)OB(c2cccc3c2oc2c(-c4ccc(-c5ccccc5)cc4)cccc23)OC1(C)C.Clc1cccc(-c2nc(-c3ccccc3)nc(-c3ccccc3)n2)c1.c1ccc(-c2ccc(-c3cccc4c3oc3c(-c5cccc(-c6nc(-c7ccccc7)nc(-c7ccccc7)n6)c5)cccc34)cc2)cc1. The highest BCUT2D eigenvalue weighted by Crippen LogP contribution is 2.43. The summed E-state index contributed by atoms with van der Waals surface area (Å²) in [4.78, 5) is 28.8. The van der Waals surface area contributed by atoms with E-state index in [-0.39, 0.29) is 0 Å². The predicted molar refractivity (Wildman–Crippen MR) is 441 cm³/mol. The highest BCUT2D eigenvalue weighted by molar-refractivity contribution is 6.65. The van der Waals surface area contributed by atoms with Crippen molar-refractivity contribution in [2.45, 2.75) is 38.9 Å². The van der Waals surface area contributed by atoms with Gasteiger partial charge >= 0.3 is 7.12 Å². The van der Waals surface area contributed by atoms with Gasteiger partial charge < -0.3 is 18.1 Å². The van der Waals surface area contributed by atoms with E-state index in [2.05, 4.69) is 231 Å². The zero-order valence-electron chi connectivity index (χ0n) is 59.8. The summed E-state index contributed by atoms with van der Waals surface area (Å²) in [7, 11) is -0.470. The van der Waals surface area contributed by atoms with Gasteiger partial charge in [-0.3, -0.25) is 0 Å². The average molecular weight is 1420 g/mol. The fourth-order valence-electron chi connectivity index (χ4n) is 13.8. The molecule has 0 unspecified atom stereocenters. The Kier molecular flexibility index (Phi) is 18.6. The van der Waals surface area contributed by atoms with Crippen molar-refractivity contribution in [2.75, 3.05) is 0 Å². The Morgan fingerprint density at radius 3 is 0.861 bits per heavy atom. The number of hydrogen-bond acceptors (Lipinski definition) is 10. The van der Waals surface area contributed by atoms with Crippen molar-refractivity contribution in [2.24, 2.45) is 0 Å². The van der Waals surface area contributed by atoms with Crippen LogP contribution in [0.2, 0.25) is 5.02 Å². The molecule has 0 spiro atoms. The molecule has 1 saturated heterocycles. The molecule has 0 N–H and O–H groups in total. The number of aromatic nitrogens is 6. The van der Waals surface area contributed by atoms with Gasteiger partial charge in [0.2, 0.25) is 0 Å². The van der Waals surface area contributed by atoms with Gasteiger partial charge in [-0.1, -0.05) is 345 Å². The number of rotatable bonds is 12. The zero-order valence-corrected chi connectivity index (χ0v) is 60.5. The molecule has 12 heteroatoms. The van der Waals surface area contributed by atoms with Crippen LogP contribution in [-0.4, -0.2) is 48.2 Å². The third kappa shape index (κ3) is 13.9. The van der Waals surface area contributed by atoms with E-state index in [0.29, 0.717) is 40.0 Å². The minimum Gasteiger partial charge on any atom is -0.456 e. The van der Waals surface area contributed by atoms with Crippen LogP contribution in [-0.2, 0) is 9.31 Å². The van der Waals surface area contributed by atoms with E-state index in [1.807, 2.05) is 164 Å². The van der Waals surface area contributed by atoms with Gasteiger partial charge in [0.1, 0.15) is 22.3 Å². The Labute approximate surface area is 631 Å². The maximum absolute atomic E-state index is 6.80. The lowest BCUT2D eigenvalue weighted by atomic mass is 9.78. The van der Waals surface area contributed by atoms with Gasteiger partial charge in [0, 0.05) is 82.1 Å². The molecule has 5 heterocycles. The third-order valence-corrected chi connectivity index (χ3v) is 20.3. The molecule has 0 radical (unpaired) electrons. The van der Waals surface area contributed by atoms with Crippen molar-refractivity contribution < 1.29 is 18.1 Å². The first kappa shape index (κ1) is 68.1. The lowest BCUT2D eigenvalue weighted by Gasteiger charge is -2.32. The Morgan fingerprint density at radius 1 is 0.231 bits per heavy atom. The number of furan rings is 2. The van der Waals surface area contributed by atoms with Crippen molar-refractivity contribution >= 4 is 68.1 Å². The minimum absolute atomic E-state index is 0.405. The molecule has 108 heavy (non-hydrogen) atoms. The van der Waals surface area contributed by atoms with Gasteiger partial charge in [-0.15, -0.1) is 0 Å². The third-order valence-electron chi connectivity index (χ3n) is 20.1. The van der Waals surface area contributed by atoms with E-state index in [1.165, 1.54) is 22.3 Å². The number of benzene rings is 14. The summed E-state index contributed by atoms with van der Waals surface area (Å²) in [6.07, 6.45) is 0. The first-order chi connectivity index (χ1) is 52.9. The molecule has 1 aliphatic rings. The molecule has 0 atom stereocenters. The normalized spacial score (nSPS) is 12.9. The van der Waals surface area contributed by atoms with Crippen LogP contribution >= 0.6 is 11.6 Å². The molecular formula is C96H70BClN6O4. The zero-order chi connectivity index (χ0) is 73.1. The van der Waals surface area contributed by atoms with Crippen LogP contribution in [0.4, 0.5) is 0 Å². The number of nitrogens with zero attached hydrogens (tertiary/aromatic N) is 6. The van der Waals surface area contributed by atoms with E-state index >= 15 is 0 Å². The number of hydrogen-bond donors (Lipinski definition) is 0. The standard InChI is InChI=1S/C45H29N3O.C30H27BO3.C21H14ClN3/c1-4-13-30(14-5-1)31-25-27-32(28-26-31)37-21-11-23-39-40-24-12-22-38(42(40)49-41(37)39)35-19-10-20-36(29-35)45-47-43(33-15-6-2-7-16-33)46-44(48-45)34-17-8-3-9-18-34;1-29(2)30(3,4)34-31(33-29)26-15-9-14-25-24-13-8-12-23(27(24)32-28(25)26)22-18-16-21(17-19-22)20-10-6-5-7-11-20;22-18-13-7-12-17(14-18)21-24-19(15-8-3-1-4-9-15)23-20(25-21)16-10-5-2-6-11-16/h1-29H;5-19H,1-4H3;1-14H. The molecule has 10 nitrogen and oxygen atoms in total. The fraction of sp³-hybridized carbons (Fsp3) is 0.0625. The molecule has 0 amide bonds. The minimum atomic E-state index is -0.470. The highest BCUT2D eigenvalue weighted by atomic mass is 35.5. The van der Waals surface area contributed by atoms with Gasteiger partial charge in [-0.2, -0.15) is 0 Å². The summed E-state index contributed by atoms with van der Waals surface area (Å²) in [5.74, 6) is 3.79. The second kappa shape index (κ2) is 29.5. The number of halogens is 1. The summed E-state index contributed by atoms with van der Waals surface area (Å²) in [6.45, 7) is 8.29. The largest absolute Gasteiger partial charge is 0.498 e. The quantitative estimate of drug-likeness (QED) is 0.109. The maximum Gasteiger partial charge on any atom is 0.498 e. The first-order valence-electron chi connectivity index (χ1n) is 36.1. The maximum atomic E-state index is 6.80. The molecule has 0 aliphatic carbocycles. The molecule has 1 aliphatic heterocycles. The van der Waals surface area contributed by atoms with E-state index < -0.39 is 18.3 Å². The van der Waals surface area contributed by atoms with Gasteiger partial charge in [0.05, 0.1) is 11.2 Å². The van der Waals surface area contributed by atoms with Crippen LogP contribution in [0.5, 0.6) is 0 Å². The Hall–Kier alpha value is -13.0. The van der Waals surface area contributed by atoms with E-state index in [0.717, 1.165) is 116 Å². The summed E-state index contributed by atoms with van der Waals surface area (Å²) in [5, 5.41) is 5.00. The van der Waals surface area contributed by atoms with Crippen LogP contribution in [0.3, 0.4) is 0 Å². The smallest absolute Gasteiger partial charge is 0.456 e. The Balaban J connectivity index is 0.000000126. The number of para-hydroxylation sites is 4. The van der Waals surface area contributed by atoms with Crippen molar-refractivity contribution in [3.05, 3.63) is 357 Å². The molecular weight excluding hydrogens is 1350 g/mol. The summed E-state index contributed by atoms with van der Waals surface area (Å²) < 4.78 is 26.1. The van der Waals surface area contributed by atoms with E-state index in [9.17, 15) is 0 Å². The van der Waals surface area contributed by atoms with Gasteiger partial charge in [0.25, 0.3) is 0 Å². The monoisotopic (exact) mass is 1420 g/mol. The molecule has 14 aromatic carbocycles. The molecule has 4 aromatic heterocycles. The summed E-state index contributed by atoms with van der Waals surface area (Å²) >= 11 is 6.14. The van der Waals surface area contributed by atoms with Crippen molar-refractivity contribution in [3.8, 4) is 124 Å². The molecule has 1 fully saturated rings. The van der Waals surface area contributed by atoms with Crippen molar-refractivity contribution in [3.63, 3.8) is 0 Å². The molecule has 0 saturated carbocycles. The fourth-order valence-corrected chi connectivity index (χ4v) is 14.0. The van der Waals surface area contributed by atoms with E-state index in [1.54, 1.807) is 0 Å². The lowest BCUT2D eigenvalue weighted by molar-refractivity contribution is 0.00578. The van der Waals surface area contributed by atoms with Crippen LogP contribution in [0.1, 0.15) is 27.7 Å². The highest BCUT2D eigenvalue weighted by Gasteiger charge is 2.52. The van der Waals surface area contributed by atoms with Gasteiger partial charge in [-0.05, 0) is 84.8 Å². The summed E-state index contributed by atoms with van der Waals surface area (Å²) in [6, 6.07) is 119. The van der Waals surface area contributed by atoms with E-state index in [4.69, 9.17) is 44.7 Å². The first-order valence-corrected chi connectivity index (χ1v) is 36.5. The molecule has 18 aromatic rings. The second-order valence-corrected chi connectivity index (χ2v) is 28.1.